The molecule has 1 aliphatic heterocycles. The Labute approximate surface area is 143 Å². The molecule has 0 aromatic heterocycles. The van der Waals surface area contributed by atoms with Crippen molar-refractivity contribution in [1.82, 2.24) is 4.31 Å². The molecule has 0 radical (unpaired) electrons. The molecule has 1 aromatic rings. The third kappa shape index (κ3) is 4.18. The number of hydrogen-bond donors (Lipinski definition) is 1. The normalized spacial score (nSPS) is 18.9. The lowest BCUT2D eigenvalue weighted by Gasteiger charge is -2.30. The number of hydrogen-bond acceptors (Lipinski definition) is 5. The molecule has 0 saturated carbocycles. The van der Waals surface area contributed by atoms with Gasteiger partial charge in [-0.05, 0) is 31.9 Å². The fourth-order valence-electron chi connectivity index (χ4n) is 2.75. The highest BCUT2D eigenvalue weighted by Crippen LogP contribution is 2.30. The van der Waals surface area contributed by atoms with Crippen LogP contribution in [0.2, 0.25) is 0 Å². The van der Waals surface area contributed by atoms with Crippen molar-refractivity contribution in [3.8, 4) is 11.5 Å². The average molecular weight is 356 g/mol. The molecule has 1 aliphatic rings. The van der Waals surface area contributed by atoms with Crippen LogP contribution < -0.4 is 14.8 Å². The van der Waals surface area contributed by atoms with Crippen molar-refractivity contribution in [2.24, 2.45) is 5.92 Å². The molecule has 1 saturated heterocycles. The van der Waals surface area contributed by atoms with Crippen molar-refractivity contribution in [2.45, 2.75) is 19.8 Å². The molecule has 0 bridgehead atoms. The summed E-state index contributed by atoms with van der Waals surface area (Å²) < 4.78 is 35.8. The minimum Gasteiger partial charge on any atom is -0.493 e. The van der Waals surface area contributed by atoms with E-state index in [1.54, 1.807) is 32.2 Å². The average Bonchev–Trinajstić information content (AvgIpc) is 2.61. The highest BCUT2D eigenvalue weighted by Gasteiger charge is 2.31. The van der Waals surface area contributed by atoms with Gasteiger partial charge in [0.2, 0.25) is 15.9 Å². The molecule has 8 heteroatoms. The molecule has 1 unspecified atom stereocenters. The van der Waals surface area contributed by atoms with Crippen LogP contribution in [0, 0.1) is 5.92 Å². The van der Waals surface area contributed by atoms with Gasteiger partial charge in [0.05, 0.1) is 25.9 Å². The number of nitrogens with zero attached hydrogens (tertiary/aromatic N) is 1. The van der Waals surface area contributed by atoms with E-state index >= 15 is 0 Å². The summed E-state index contributed by atoms with van der Waals surface area (Å²) in [6.07, 6.45) is 1.36. The molecule has 134 valence electrons. The highest BCUT2D eigenvalue weighted by atomic mass is 32.2. The Kier molecular flexibility index (Phi) is 6.06. The van der Waals surface area contributed by atoms with E-state index in [9.17, 15) is 13.2 Å². The second-order valence-electron chi connectivity index (χ2n) is 5.66. The van der Waals surface area contributed by atoms with Crippen molar-refractivity contribution in [3.05, 3.63) is 18.2 Å². The third-order valence-electron chi connectivity index (χ3n) is 4.16. The summed E-state index contributed by atoms with van der Waals surface area (Å²) in [7, 11) is -0.195. The minimum absolute atomic E-state index is 0.0526. The van der Waals surface area contributed by atoms with E-state index < -0.39 is 10.0 Å². The monoisotopic (exact) mass is 356 g/mol. The van der Waals surface area contributed by atoms with Crippen LogP contribution in [0.5, 0.6) is 11.5 Å². The van der Waals surface area contributed by atoms with E-state index in [0.717, 1.165) is 0 Å². The van der Waals surface area contributed by atoms with Gasteiger partial charge in [0.15, 0.2) is 11.5 Å². The number of anilines is 1. The van der Waals surface area contributed by atoms with Crippen LogP contribution in [0.15, 0.2) is 18.2 Å². The maximum absolute atomic E-state index is 12.5. The van der Waals surface area contributed by atoms with Crippen LogP contribution in [0.25, 0.3) is 0 Å². The first-order valence-corrected chi connectivity index (χ1v) is 9.53. The first-order valence-electron chi connectivity index (χ1n) is 7.92. The molecule has 24 heavy (non-hydrogen) atoms. The molecule has 1 atom stereocenters. The number of nitrogens with one attached hydrogen (secondary N) is 1. The van der Waals surface area contributed by atoms with Gasteiger partial charge in [0.25, 0.3) is 0 Å². The number of sulfonamides is 1. The predicted octanol–water partition coefficient (Wildman–Crippen LogP) is 1.70. The van der Waals surface area contributed by atoms with Crippen LogP contribution in [0.1, 0.15) is 19.8 Å². The number of piperidine rings is 1. The van der Waals surface area contributed by atoms with Crippen molar-refractivity contribution >= 4 is 21.6 Å². The van der Waals surface area contributed by atoms with Gasteiger partial charge < -0.3 is 14.8 Å². The maximum atomic E-state index is 12.5. The quantitative estimate of drug-likeness (QED) is 0.839. The summed E-state index contributed by atoms with van der Waals surface area (Å²) >= 11 is 0. The van der Waals surface area contributed by atoms with Gasteiger partial charge >= 0.3 is 0 Å². The molecular formula is C16H24N2O5S. The van der Waals surface area contributed by atoms with Crippen LogP contribution >= 0.6 is 0 Å². The second-order valence-corrected chi connectivity index (χ2v) is 7.91. The molecular weight excluding hydrogens is 332 g/mol. The smallest absolute Gasteiger partial charge is 0.228 e. The van der Waals surface area contributed by atoms with Crippen molar-refractivity contribution in [3.63, 3.8) is 0 Å². The molecule has 7 nitrogen and oxygen atoms in total. The first-order chi connectivity index (χ1) is 11.4. The van der Waals surface area contributed by atoms with Gasteiger partial charge in [-0.2, -0.15) is 0 Å². The zero-order valence-corrected chi connectivity index (χ0v) is 15.1. The lowest BCUT2D eigenvalue weighted by Crippen LogP contribution is -2.44. The van der Waals surface area contributed by atoms with E-state index in [2.05, 4.69) is 5.32 Å². The topological polar surface area (TPSA) is 84.9 Å². The Balaban J connectivity index is 2.07. The summed E-state index contributed by atoms with van der Waals surface area (Å²) in [6, 6.07) is 5.12. The molecule has 0 spiro atoms. The number of benzene rings is 1. The van der Waals surface area contributed by atoms with Gasteiger partial charge in [-0.3, -0.25) is 4.79 Å². The molecule has 1 N–H and O–H groups in total. The zero-order valence-electron chi connectivity index (χ0n) is 14.2. The van der Waals surface area contributed by atoms with Gasteiger partial charge in [0, 0.05) is 24.8 Å². The number of rotatable bonds is 6. The predicted molar refractivity (Wildman–Crippen MR) is 91.9 cm³/mol. The summed E-state index contributed by atoms with van der Waals surface area (Å²) in [5.74, 6) is 0.616. The lowest BCUT2D eigenvalue weighted by atomic mass is 9.98. The molecule has 2 rings (SSSR count). The number of ether oxygens (including phenoxy) is 2. The lowest BCUT2D eigenvalue weighted by molar-refractivity contribution is -0.120. The van der Waals surface area contributed by atoms with Crippen LogP contribution in [-0.2, 0) is 14.8 Å². The molecule has 1 amide bonds. The Hall–Kier alpha value is -1.80. The van der Waals surface area contributed by atoms with Crippen LogP contribution in [0.3, 0.4) is 0 Å². The van der Waals surface area contributed by atoms with E-state index in [4.69, 9.17) is 9.47 Å². The van der Waals surface area contributed by atoms with E-state index in [0.29, 0.717) is 36.6 Å². The molecule has 1 heterocycles. The summed E-state index contributed by atoms with van der Waals surface area (Å²) in [4.78, 5) is 12.5. The largest absolute Gasteiger partial charge is 0.493 e. The second kappa shape index (κ2) is 7.85. The van der Waals surface area contributed by atoms with Gasteiger partial charge in [-0.1, -0.05) is 0 Å². The number of methoxy groups -OCH3 is 2. The van der Waals surface area contributed by atoms with E-state index in [-0.39, 0.29) is 24.1 Å². The SMILES string of the molecule is CCS(=O)(=O)N1CCCC(C(=O)Nc2ccc(OC)c(OC)c2)C1. The van der Waals surface area contributed by atoms with E-state index in [1.165, 1.54) is 11.4 Å². The maximum Gasteiger partial charge on any atom is 0.228 e. The summed E-state index contributed by atoms with van der Waals surface area (Å²) in [5, 5.41) is 2.83. The van der Waals surface area contributed by atoms with Gasteiger partial charge in [-0.25, -0.2) is 12.7 Å². The molecule has 0 aliphatic carbocycles. The number of carbonyl (C=O) groups is 1. The van der Waals surface area contributed by atoms with Crippen molar-refractivity contribution in [1.29, 1.82) is 0 Å². The Morgan fingerprint density at radius 1 is 1.29 bits per heavy atom. The minimum atomic E-state index is -3.26. The van der Waals surface area contributed by atoms with Gasteiger partial charge in [-0.15, -0.1) is 0 Å². The third-order valence-corrected chi connectivity index (χ3v) is 6.01. The summed E-state index contributed by atoms with van der Waals surface area (Å²) in [5.41, 5.74) is 0.591. The molecule has 1 fully saturated rings. The Morgan fingerprint density at radius 2 is 2.00 bits per heavy atom. The van der Waals surface area contributed by atoms with Crippen molar-refractivity contribution in [2.75, 3.05) is 38.4 Å². The zero-order chi connectivity index (χ0) is 17.7. The van der Waals surface area contributed by atoms with E-state index in [1.807, 2.05) is 0 Å². The number of amides is 1. The standard InChI is InChI=1S/C16H24N2O5S/c1-4-24(20,21)18-9-5-6-12(11-18)16(19)17-13-7-8-14(22-2)15(10-13)23-3/h7-8,10,12H,4-6,9,11H2,1-3H3,(H,17,19). The fraction of sp³-hybridized carbons (Fsp3) is 0.562. The Bertz CT molecular complexity index is 690. The highest BCUT2D eigenvalue weighted by molar-refractivity contribution is 7.89. The first kappa shape index (κ1) is 18.5. The molecule has 1 aromatic carbocycles. The van der Waals surface area contributed by atoms with Gasteiger partial charge in [0.1, 0.15) is 0 Å². The summed E-state index contributed by atoms with van der Waals surface area (Å²) in [6.45, 7) is 2.33. The fourth-order valence-corrected chi connectivity index (χ4v) is 3.93. The number of carbonyl (C=O) groups excluding carboxylic acids is 1. The Morgan fingerprint density at radius 3 is 2.62 bits per heavy atom. The van der Waals surface area contributed by atoms with Crippen LogP contribution in [-0.4, -0.2) is 51.7 Å². The van der Waals surface area contributed by atoms with Crippen LogP contribution in [0.4, 0.5) is 5.69 Å². The van der Waals surface area contributed by atoms with Crippen molar-refractivity contribution < 1.29 is 22.7 Å².